The van der Waals surface area contributed by atoms with E-state index in [1.165, 1.54) is 6.07 Å². The number of hydrogen-bond donors (Lipinski definition) is 1. The average Bonchev–Trinajstić information content (AvgIpc) is 2.89. The first-order valence-electron chi connectivity index (χ1n) is 9.33. The number of alkyl halides is 4. The molecule has 158 valence electrons. The van der Waals surface area contributed by atoms with Gasteiger partial charge in [0.1, 0.15) is 5.88 Å². The van der Waals surface area contributed by atoms with Crippen molar-refractivity contribution in [2.75, 3.05) is 37.5 Å². The first-order chi connectivity index (χ1) is 13.7. The predicted octanol–water partition coefficient (Wildman–Crippen LogP) is 4.08. The summed E-state index contributed by atoms with van der Waals surface area (Å²) in [5.41, 5.74) is -1.36. The van der Waals surface area contributed by atoms with Crippen molar-refractivity contribution in [1.29, 1.82) is 0 Å². The van der Waals surface area contributed by atoms with E-state index in [4.69, 9.17) is 16.3 Å². The van der Waals surface area contributed by atoms with Crippen molar-refractivity contribution < 1.29 is 27.5 Å². The highest BCUT2D eigenvalue weighted by Crippen LogP contribution is 2.38. The van der Waals surface area contributed by atoms with Gasteiger partial charge in [-0.05, 0) is 42.9 Å². The molecule has 2 aliphatic heterocycles. The quantitative estimate of drug-likeness (QED) is 0.580. The van der Waals surface area contributed by atoms with Gasteiger partial charge >= 0.3 is 6.18 Å². The molecule has 0 aromatic heterocycles. The van der Waals surface area contributed by atoms with E-state index in [-0.39, 0.29) is 16.7 Å². The number of nitrogens with zero attached hydrogens (tertiary/aromatic N) is 1. The Hall–Kier alpha value is -2.06. The molecule has 2 heterocycles. The molecule has 0 radical (unpaired) electrons. The van der Waals surface area contributed by atoms with Gasteiger partial charge in [-0.15, -0.1) is 11.6 Å². The van der Waals surface area contributed by atoms with Crippen LogP contribution in [0.25, 0.3) is 0 Å². The van der Waals surface area contributed by atoms with E-state index in [1.54, 1.807) is 4.90 Å². The van der Waals surface area contributed by atoms with Crippen LogP contribution in [-0.4, -0.2) is 48.9 Å². The summed E-state index contributed by atoms with van der Waals surface area (Å²) in [6, 6.07) is 2.88. The summed E-state index contributed by atoms with van der Waals surface area (Å²) in [6.07, 6.45) is 1.63. The Labute approximate surface area is 171 Å². The second-order valence-corrected chi connectivity index (χ2v) is 7.72. The summed E-state index contributed by atoms with van der Waals surface area (Å²) < 4.78 is 45.4. The number of benzene rings is 1. The Bertz CT molecular complexity index is 805. The molecule has 0 atom stereocenters. The van der Waals surface area contributed by atoms with Crippen LogP contribution in [0.1, 0.15) is 35.2 Å². The fourth-order valence-electron chi connectivity index (χ4n) is 3.75. The molecule has 0 bridgehead atoms. The number of hydrogen-bond acceptors (Lipinski definition) is 3. The summed E-state index contributed by atoms with van der Waals surface area (Å²) >= 11 is 5.43. The van der Waals surface area contributed by atoms with Gasteiger partial charge in [0.2, 0.25) is 5.91 Å². The van der Waals surface area contributed by atoms with E-state index < -0.39 is 29.4 Å². The van der Waals surface area contributed by atoms with Crippen LogP contribution in [0.2, 0.25) is 0 Å². The fourth-order valence-corrected chi connectivity index (χ4v) is 3.82. The van der Waals surface area contributed by atoms with Gasteiger partial charge in [-0.1, -0.05) is 12.2 Å². The minimum Gasteiger partial charge on any atom is -0.381 e. The number of halogens is 4. The molecular weight excluding hydrogens is 409 g/mol. The number of nitrogens with one attached hydrogen (secondary N) is 1. The third-order valence-corrected chi connectivity index (χ3v) is 5.57. The molecule has 1 fully saturated rings. The van der Waals surface area contributed by atoms with Crippen LogP contribution in [0.4, 0.5) is 18.9 Å². The van der Waals surface area contributed by atoms with Crippen LogP contribution in [0, 0.1) is 5.41 Å². The molecule has 1 N–H and O–H groups in total. The van der Waals surface area contributed by atoms with Crippen LogP contribution >= 0.6 is 11.6 Å². The Balaban J connectivity index is 1.91. The van der Waals surface area contributed by atoms with E-state index in [9.17, 15) is 22.8 Å². The molecule has 1 saturated heterocycles. The number of ether oxygens (including phenoxy) is 1. The van der Waals surface area contributed by atoms with Crippen molar-refractivity contribution in [3.8, 4) is 0 Å². The van der Waals surface area contributed by atoms with Crippen LogP contribution in [0.3, 0.4) is 0 Å². The highest BCUT2D eigenvalue weighted by Gasteiger charge is 2.37. The van der Waals surface area contributed by atoms with Crippen LogP contribution in [0.5, 0.6) is 0 Å². The van der Waals surface area contributed by atoms with Gasteiger partial charge < -0.3 is 15.0 Å². The molecule has 29 heavy (non-hydrogen) atoms. The van der Waals surface area contributed by atoms with Gasteiger partial charge in [0, 0.05) is 37.6 Å². The zero-order chi connectivity index (χ0) is 21.1. The maximum absolute atomic E-state index is 13.3. The number of carbonyl (C=O) groups excluding carboxylic acids is 2. The molecule has 1 aromatic carbocycles. The zero-order valence-corrected chi connectivity index (χ0v) is 16.5. The zero-order valence-electron chi connectivity index (χ0n) is 15.7. The Kier molecular flexibility index (Phi) is 6.53. The first-order valence-corrected chi connectivity index (χ1v) is 9.86. The molecule has 0 saturated carbocycles. The smallest absolute Gasteiger partial charge is 0.381 e. The van der Waals surface area contributed by atoms with Gasteiger partial charge in [-0.3, -0.25) is 9.59 Å². The number of amides is 2. The maximum Gasteiger partial charge on any atom is 0.416 e. The lowest BCUT2D eigenvalue weighted by molar-refractivity contribution is -0.137. The highest BCUT2D eigenvalue weighted by molar-refractivity contribution is 6.29. The Morgan fingerprint density at radius 1 is 1.17 bits per heavy atom. The minimum atomic E-state index is -4.66. The Morgan fingerprint density at radius 3 is 2.55 bits per heavy atom. The summed E-state index contributed by atoms with van der Waals surface area (Å²) in [5, 5.41) is 2.30. The second-order valence-electron chi connectivity index (χ2n) is 7.45. The lowest BCUT2D eigenvalue weighted by atomic mass is 9.77. The number of anilines is 1. The molecule has 5 nitrogen and oxygen atoms in total. The van der Waals surface area contributed by atoms with E-state index in [1.807, 2.05) is 12.2 Å². The predicted molar refractivity (Wildman–Crippen MR) is 103 cm³/mol. The van der Waals surface area contributed by atoms with Crippen molar-refractivity contribution in [2.45, 2.75) is 25.4 Å². The molecule has 3 rings (SSSR count). The number of rotatable bonds is 3. The van der Waals surface area contributed by atoms with Crippen molar-refractivity contribution in [3.63, 3.8) is 0 Å². The molecule has 1 spiro atoms. The summed E-state index contributed by atoms with van der Waals surface area (Å²) in [6.45, 7) is 1.98. The fraction of sp³-hybridized carbons (Fsp3) is 0.500. The summed E-state index contributed by atoms with van der Waals surface area (Å²) in [5.74, 6) is -1.56. The van der Waals surface area contributed by atoms with Crippen molar-refractivity contribution >= 4 is 29.1 Å². The van der Waals surface area contributed by atoms with Crippen molar-refractivity contribution in [1.82, 2.24) is 4.90 Å². The third-order valence-electron chi connectivity index (χ3n) is 5.32. The summed E-state index contributed by atoms with van der Waals surface area (Å²) in [4.78, 5) is 26.2. The molecule has 0 unspecified atom stereocenters. The Morgan fingerprint density at radius 2 is 1.90 bits per heavy atom. The van der Waals surface area contributed by atoms with Crippen LogP contribution in [0.15, 0.2) is 30.4 Å². The van der Waals surface area contributed by atoms with E-state index in [0.29, 0.717) is 26.3 Å². The van der Waals surface area contributed by atoms with Crippen LogP contribution < -0.4 is 5.32 Å². The SMILES string of the molecule is O=C(CCl)Nc1cc(C(=O)N2CC=CCC3(CCOCC3)C2)cc(C(F)(F)F)c1. The number of carbonyl (C=O) groups is 2. The lowest BCUT2D eigenvalue weighted by Crippen LogP contribution is -2.43. The monoisotopic (exact) mass is 430 g/mol. The van der Waals surface area contributed by atoms with Gasteiger partial charge in [-0.2, -0.15) is 13.2 Å². The van der Waals surface area contributed by atoms with Gasteiger partial charge in [0.05, 0.1) is 5.56 Å². The molecule has 9 heteroatoms. The molecule has 1 aromatic rings. The lowest BCUT2D eigenvalue weighted by Gasteiger charge is -2.39. The first kappa shape index (κ1) is 21.6. The van der Waals surface area contributed by atoms with Gasteiger partial charge in [0.15, 0.2) is 0 Å². The molecule has 2 amide bonds. The largest absolute Gasteiger partial charge is 0.416 e. The second kappa shape index (κ2) is 8.75. The van der Waals surface area contributed by atoms with Gasteiger partial charge in [0.25, 0.3) is 5.91 Å². The highest BCUT2D eigenvalue weighted by atomic mass is 35.5. The normalized spacial score (nSPS) is 19.1. The molecule has 0 aliphatic carbocycles. The van der Waals surface area contributed by atoms with Crippen molar-refractivity contribution in [3.05, 3.63) is 41.5 Å². The van der Waals surface area contributed by atoms with Gasteiger partial charge in [-0.25, -0.2) is 0 Å². The minimum absolute atomic E-state index is 0.111. The molecule has 2 aliphatic rings. The average molecular weight is 431 g/mol. The maximum atomic E-state index is 13.3. The standard InChI is InChI=1S/C20H22ClF3N2O3/c21-12-17(27)25-16-10-14(9-15(11-16)20(22,23)24)18(28)26-6-2-1-3-19(13-26)4-7-29-8-5-19/h1-2,9-11H,3-8,12-13H2,(H,25,27). The third kappa shape index (κ3) is 5.30. The van der Waals surface area contributed by atoms with Crippen molar-refractivity contribution in [2.24, 2.45) is 5.41 Å². The molecular formula is C20H22ClF3N2O3. The summed E-state index contributed by atoms with van der Waals surface area (Å²) in [7, 11) is 0. The topological polar surface area (TPSA) is 58.6 Å². The number of allylic oxidation sites excluding steroid dienone is 1. The van der Waals surface area contributed by atoms with E-state index in [0.717, 1.165) is 31.4 Å². The van der Waals surface area contributed by atoms with E-state index >= 15 is 0 Å². The van der Waals surface area contributed by atoms with Crippen LogP contribution in [-0.2, 0) is 15.7 Å². The van der Waals surface area contributed by atoms with E-state index in [2.05, 4.69) is 5.32 Å².